The SMILES string of the molecule is Cc1oc2c(c1C(=O)N1CCCC(CNC(=O)c3cccnc3)C1)C(=O)CCC2. The molecule has 0 saturated carbocycles. The molecule has 0 radical (unpaired) electrons. The van der Waals surface area contributed by atoms with Crippen LogP contribution in [0.3, 0.4) is 0 Å². The van der Waals surface area contributed by atoms with Crippen LogP contribution in [0.5, 0.6) is 0 Å². The largest absolute Gasteiger partial charge is 0.465 e. The number of nitrogens with one attached hydrogen (secondary N) is 1. The molecule has 2 aromatic heterocycles. The molecule has 0 bridgehead atoms. The van der Waals surface area contributed by atoms with Crippen LogP contribution in [0.1, 0.15) is 68.3 Å². The summed E-state index contributed by atoms with van der Waals surface area (Å²) in [4.78, 5) is 43.6. The van der Waals surface area contributed by atoms with Crippen molar-refractivity contribution in [2.24, 2.45) is 5.92 Å². The predicted octanol–water partition coefficient (Wildman–Crippen LogP) is 2.78. The monoisotopic (exact) mass is 395 g/mol. The third kappa shape index (κ3) is 3.95. The van der Waals surface area contributed by atoms with Crippen molar-refractivity contribution < 1.29 is 18.8 Å². The number of aryl methyl sites for hydroxylation is 2. The van der Waals surface area contributed by atoms with E-state index in [9.17, 15) is 14.4 Å². The summed E-state index contributed by atoms with van der Waals surface area (Å²) in [6.45, 7) is 3.46. The van der Waals surface area contributed by atoms with Gasteiger partial charge in [0, 0.05) is 44.9 Å². The summed E-state index contributed by atoms with van der Waals surface area (Å²) < 4.78 is 5.74. The third-order valence-electron chi connectivity index (χ3n) is 5.74. The number of carbonyl (C=O) groups is 3. The summed E-state index contributed by atoms with van der Waals surface area (Å²) in [5.74, 6) is 1.07. The second kappa shape index (κ2) is 8.19. The Morgan fingerprint density at radius 2 is 2.17 bits per heavy atom. The van der Waals surface area contributed by atoms with Crippen LogP contribution in [-0.2, 0) is 6.42 Å². The lowest BCUT2D eigenvalue weighted by Gasteiger charge is -2.33. The number of amides is 2. The Bertz CT molecular complexity index is 935. The van der Waals surface area contributed by atoms with Crippen LogP contribution < -0.4 is 5.32 Å². The maximum absolute atomic E-state index is 13.2. The molecule has 1 aliphatic heterocycles. The Kier molecular flexibility index (Phi) is 5.47. The van der Waals surface area contributed by atoms with E-state index in [-0.39, 0.29) is 23.5 Å². The zero-order chi connectivity index (χ0) is 20.4. The molecule has 1 saturated heterocycles. The van der Waals surface area contributed by atoms with E-state index in [1.807, 2.05) is 0 Å². The number of ketones is 1. The molecule has 152 valence electrons. The molecule has 0 aromatic carbocycles. The van der Waals surface area contributed by atoms with Gasteiger partial charge in [0.2, 0.25) is 0 Å². The first kappa shape index (κ1) is 19.4. The van der Waals surface area contributed by atoms with Crippen LogP contribution in [0.4, 0.5) is 0 Å². The topological polar surface area (TPSA) is 92.5 Å². The number of piperidine rings is 1. The van der Waals surface area contributed by atoms with Crippen LogP contribution in [0.25, 0.3) is 0 Å². The molecule has 3 heterocycles. The molecule has 0 spiro atoms. The average Bonchev–Trinajstić information content (AvgIpc) is 3.09. The van der Waals surface area contributed by atoms with Crippen molar-refractivity contribution in [3.05, 3.63) is 52.7 Å². The smallest absolute Gasteiger partial charge is 0.258 e. The van der Waals surface area contributed by atoms with Crippen molar-refractivity contribution in [2.45, 2.75) is 39.0 Å². The first-order valence-corrected chi connectivity index (χ1v) is 10.2. The summed E-state index contributed by atoms with van der Waals surface area (Å²) in [6, 6.07) is 3.45. The fourth-order valence-electron chi connectivity index (χ4n) is 4.28. The summed E-state index contributed by atoms with van der Waals surface area (Å²) >= 11 is 0. The molecular weight excluding hydrogens is 370 g/mol. The number of nitrogens with zero attached hydrogens (tertiary/aromatic N) is 2. The summed E-state index contributed by atoms with van der Waals surface area (Å²) in [6.07, 6.45) is 6.92. The number of pyridine rings is 1. The number of furan rings is 1. The van der Waals surface area contributed by atoms with Gasteiger partial charge in [-0.05, 0) is 44.2 Å². The predicted molar refractivity (Wildman–Crippen MR) is 106 cm³/mol. The van der Waals surface area contributed by atoms with Crippen LogP contribution in [-0.4, -0.2) is 47.1 Å². The van der Waals surface area contributed by atoms with Crippen LogP contribution >= 0.6 is 0 Å². The molecule has 2 aromatic rings. The number of Topliss-reactive ketones (excluding diaryl/α,β-unsaturated/α-hetero) is 1. The van der Waals surface area contributed by atoms with Crippen LogP contribution in [0.2, 0.25) is 0 Å². The minimum Gasteiger partial charge on any atom is -0.465 e. The molecule has 1 atom stereocenters. The molecule has 1 fully saturated rings. The van der Waals surface area contributed by atoms with E-state index in [0.717, 1.165) is 19.3 Å². The normalized spacial score (nSPS) is 19.0. The molecule has 2 amide bonds. The van der Waals surface area contributed by atoms with Gasteiger partial charge in [-0.1, -0.05) is 0 Å². The minimum atomic E-state index is -0.160. The van der Waals surface area contributed by atoms with Crippen LogP contribution in [0.15, 0.2) is 28.9 Å². The Morgan fingerprint density at radius 1 is 1.31 bits per heavy atom. The quantitative estimate of drug-likeness (QED) is 0.859. The maximum Gasteiger partial charge on any atom is 0.258 e. The number of likely N-dealkylation sites (tertiary alicyclic amines) is 1. The molecule has 4 rings (SSSR count). The van der Waals surface area contributed by atoms with Gasteiger partial charge in [-0.15, -0.1) is 0 Å². The second-order valence-electron chi connectivity index (χ2n) is 7.82. The fraction of sp³-hybridized carbons (Fsp3) is 0.455. The summed E-state index contributed by atoms with van der Waals surface area (Å²) in [5.41, 5.74) is 1.45. The fourth-order valence-corrected chi connectivity index (χ4v) is 4.28. The lowest BCUT2D eigenvalue weighted by molar-refractivity contribution is 0.0665. The molecule has 29 heavy (non-hydrogen) atoms. The van der Waals surface area contributed by atoms with Crippen molar-refractivity contribution in [1.29, 1.82) is 0 Å². The van der Waals surface area contributed by atoms with Crippen molar-refractivity contribution in [3.8, 4) is 0 Å². The van der Waals surface area contributed by atoms with Gasteiger partial charge < -0.3 is 14.6 Å². The maximum atomic E-state index is 13.2. The van der Waals surface area contributed by atoms with E-state index < -0.39 is 0 Å². The Hall–Kier alpha value is -2.96. The highest BCUT2D eigenvalue weighted by atomic mass is 16.3. The highest BCUT2D eigenvalue weighted by molar-refractivity contribution is 6.10. The number of rotatable bonds is 4. The van der Waals surface area contributed by atoms with Crippen molar-refractivity contribution in [3.63, 3.8) is 0 Å². The Labute approximate surface area is 169 Å². The van der Waals surface area contributed by atoms with Crippen molar-refractivity contribution in [1.82, 2.24) is 15.2 Å². The highest BCUT2D eigenvalue weighted by Crippen LogP contribution is 2.31. The molecule has 1 unspecified atom stereocenters. The summed E-state index contributed by atoms with van der Waals surface area (Å²) in [5, 5.41) is 2.94. The highest BCUT2D eigenvalue weighted by Gasteiger charge is 2.34. The number of aromatic nitrogens is 1. The molecular formula is C22H25N3O4. The first-order valence-electron chi connectivity index (χ1n) is 10.2. The van der Waals surface area contributed by atoms with Gasteiger partial charge in [0.05, 0.1) is 16.7 Å². The van der Waals surface area contributed by atoms with Gasteiger partial charge in [0.15, 0.2) is 5.78 Å². The summed E-state index contributed by atoms with van der Waals surface area (Å²) in [7, 11) is 0. The second-order valence-corrected chi connectivity index (χ2v) is 7.82. The third-order valence-corrected chi connectivity index (χ3v) is 5.74. The number of hydrogen-bond donors (Lipinski definition) is 1. The number of carbonyl (C=O) groups excluding carboxylic acids is 3. The van der Waals surface area contributed by atoms with Crippen molar-refractivity contribution in [2.75, 3.05) is 19.6 Å². The zero-order valence-electron chi connectivity index (χ0n) is 16.6. The molecule has 7 heteroatoms. The van der Waals surface area contributed by atoms with Gasteiger partial charge in [0.25, 0.3) is 11.8 Å². The van der Waals surface area contributed by atoms with E-state index in [0.29, 0.717) is 60.7 Å². The van der Waals surface area contributed by atoms with E-state index in [1.54, 1.807) is 30.2 Å². The molecule has 2 aliphatic rings. The van der Waals surface area contributed by atoms with E-state index >= 15 is 0 Å². The van der Waals surface area contributed by atoms with E-state index in [4.69, 9.17) is 4.42 Å². The standard InChI is InChI=1S/C22H25N3O4/c1-14-19(20-17(26)7-2-8-18(20)29-14)22(28)25-10-4-5-15(13-25)11-24-21(27)16-6-3-9-23-12-16/h3,6,9,12,15H,2,4-5,7-8,10-11,13H2,1H3,(H,24,27). The average molecular weight is 395 g/mol. The van der Waals surface area contributed by atoms with Gasteiger partial charge >= 0.3 is 0 Å². The van der Waals surface area contributed by atoms with Gasteiger partial charge in [-0.2, -0.15) is 0 Å². The zero-order valence-corrected chi connectivity index (χ0v) is 16.6. The minimum absolute atomic E-state index is 0.00347. The van der Waals surface area contributed by atoms with E-state index in [1.165, 1.54) is 6.20 Å². The van der Waals surface area contributed by atoms with Gasteiger partial charge in [0.1, 0.15) is 11.5 Å². The van der Waals surface area contributed by atoms with Gasteiger partial charge in [-0.25, -0.2) is 0 Å². The molecule has 7 nitrogen and oxygen atoms in total. The van der Waals surface area contributed by atoms with Gasteiger partial charge in [-0.3, -0.25) is 19.4 Å². The first-order chi connectivity index (χ1) is 14.0. The molecule has 1 aliphatic carbocycles. The lowest BCUT2D eigenvalue weighted by Crippen LogP contribution is -2.44. The van der Waals surface area contributed by atoms with E-state index in [2.05, 4.69) is 10.3 Å². The van der Waals surface area contributed by atoms with Crippen LogP contribution in [0, 0.1) is 12.8 Å². The Morgan fingerprint density at radius 3 is 2.97 bits per heavy atom. The Balaban J connectivity index is 1.42. The van der Waals surface area contributed by atoms with Crippen molar-refractivity contribution >= 4 is 17.6 Å². The lowest BCUT2D eigenvalue weighted by atomic mass is 9.92. The molecule has 1 N–H and O–H groups in total. The number of hydrogen-bond acceptors (Lipinski definition) is 5. The number of fused-ring (bicyclic) bond motifs is 1.